The van der Waals surface area contributed by atoms with E-state index in [4.69, 9.17) is 4.42 Å². The normalized spacial score (nSPS) is 10.8. The molecule has 0 radical (unpaired) electrons. The molecule has 0 aliphatic heterocycles. The number of furan rings is 1. The smallest absolute Gasteiger partial charge is 0.287 e. The summed E-state index contributed by atoms with van der Waals surface area (Å²) in [5.41, 5.74) is 3.00. The van der Waals surface area contributed by atoms with Crippen molar-refractivity contribution in [3.63, 3.8) is 0 Å². The summed E-state index contributed by atoms with van der Waals surface area (Å²) in [6, 6.07) is 13.3. The Hall–Kier alpha value is -2.34. The van der Waals surface area contributed by atoms with Gasteiger partial charge in [-0.15, -0.1) is 0 Å². The van der Waals surface area contributed by atoms with Crippen LogP contribution in [0.25, 0.3) is 0 Å². The highest BCUT2D eigenvalue weighted by Gasteiger charge is 2.14. The number of amides is 1. The van der Waals surface area contributed by atoms with Crippen LogP contribution < -0.4 is 5.32 Å². The van der Waals surface area contributed by atoms with Crippen LogP contribution in [0.4, 0.5) is 0 Å². The van der Waals surface area contributed by atoms with E-state index >= 15 is 0 Å². The predicted octanol–water partition coefficient (Wildman–Crippen LogP) is 3.83. The van der Waals surface area contributed by atoms with Crippen molar-refractivity contribution in [3.8, 4) is 0 Å². The van der Waals surface area contributed by atoms with Gasteiger partial charge in [0.05, 0.1) is 22.4 Å². The van der Waals surface area contributed by atoms with E-state index in [1.165, 1.54) is 0 Å². The molecule has 124 valence electrons. The van der Waals surface area contributed by atoms with Crippen molar-refractivity contribution < 1.29 is 9.21 Å². The van der Waals surface area contributed by atoms with Crippen LogP contribution in [0, 0.1) is 13.8 Å². The number of carbonyl (C=O) groups is 1. The van der Waals surface area contributed by atoms with Gasteiger partial charge in [0.25, 0.3) is 5.91 Å². The van der Waals surface area contributed by atoms with Gasteiger partial charge in [-0.25, -0.2) is 0 Å². The number of carbonyl (C=O) groups excluding carboxylic acids is 1. The van der Waals surface area contributed by atoms with Gasteiger partial charge in [-0.1, -0.05) is 30.3 Å². The Bertz CT molecular complexity index is 853. The number of benzene rings is 1. The molecule has 2 heterocycles. The molecule has 24 heavy (non-hydrogen) atoms. The van der Waals surface area contributed by atoms with Crippen molar-refractivity contribution in [2.45, 2.75) is 26.9 Å². The molecule has 0 unspecified atom stereocenters. The first-order valence-corrected chi connectivity index (χ1v) is 8.44. The lowest BCUT2D eigenvalue weighted by atomic mass is 10.2. The molecule has 0 aliphatic rings. The standard InChI is InChI=1S/C18H18BrN3O2/c1-12-17(19)13(2)22(21-12)11-15-8-9-16(24-15)18(23)20-10-14-6-4-3-5-7-14/h3-9H,10-11H2,1-2H3,(H,20,23). The van der Waals surface area contributed by atoms with Gasteiger partial charge in [0.1, 0.15) is 5.76 Å². The summed E-state index contributed by atoms with van der Waals surface area (Å²) in [6.45, 7) is 4.89. The predicted molar refractivity (Wildman–Crippen MR) is 94.8 cm³/mol. The van der Waals surface area contributed by atoms with Crippen LogP contribution in [0.1, 0.15) is 33.3 Å². The maximum atomic E-state index is 12.2. The summed E-state index contributed by atoms with van der Waals surface area (Å²) < 4.78 is 8.50. The summed E-state index contributed by atoms with van der Waals surface area (Å²) in [5, 5.41) is 7.30. The highest BCUT2D eigenvalue weighted by molar-refractivity contribution is 9.10. The Morgan fingerprint density at radius 3 is 2.62 bits per heavy atom. The molecule has 0 spiro atoms. The molecule has 0 fully saturated rings. The van der Waals surface area contributed by atoms with Crippen LogP contribution in [-0.2, 0) is 13.1 Å². The molecule has 1 N–H and O–H groups in total. The molecule has 0 aliphatic carbocycles. The number of rotatable bonds is 5. The SMILES string of the molecule is Cc1nn(Cc2ccc(C(=O)NCc3ccccc3)o2)c(C)c1Br. The van der Waals surface area contributed by atoms with Crippen molar-refractivity contribution in [2.24, 2.45) is 0 Å². The monoisotopic (exact) mass is 387 g/mol. The van der Waals surface area contributed by atoms with E-state index in [9.17, 15) is 4.79 Å². The molecule has 1 amide bonds. The first kappa shape index (κ1) is 16.5. The Balaban J connectivity index is 1.64. The lowest BCUT2D eigenvalue weighted by Crippen LogP contribution is -2.22. The molecule has 0 saturated heterocycles. The van der Waals surface area contributed by atoms with Gasteiger partial charge in [0, 0.05) is 6.54 Å². The van der Waals surface area contributed by atoms with E-state index in [1.54, 1.807) is 6.07 Å². The first-order valence-electron chi connectivity index (χ1n) is 7.65. The summed E-state index contributed by atoms with van der Waals surface area (Å²) >= 11 is 3.51. The fourth-order valence-corrected chi connectivity index (χ4v) is 2.71. The molecule has 1 aromatic carbocycles. The third-order valence-electron chi connectivity index (χ3n) is 3.78. The summed E-state index contributed by atoms with van der Waals surface area (Å²) in [4.78, 5) is 12.2. The second-order valence-corrected chi connectivity index (χ2v) is 6.37. The zero-order chi connectivity index (χ0) is 17.1. The van der Waals surface area contributed by atoms with E-state index in [0.717, 1.165) is 21.4 Å². The van der Waals surface area contributed by atoms with Crippen LogP contribution in [0.3, 0.4) is 0 Å². The quantitative estimate of drug-likeness (QED) is 0.723. The Morgan fingerprint density at radius 1 is 1.21 bits per heavy atom. The molecule has 5 nitrogen and oxygen atoms in total. The van der Waals surface area contributed by atoms with Crippen molar-refractivity contribution in [2.75, 3.05) is 0 Å². The van der Waals surface area contributed by atoms with Crippen molar-refractivity contribution in [1.29, 1.82) is 0 Å². The van der Waals surface area contributed by atoms with E-state index in [2.05, 4.69) is 26.3 Å². The Morgan fingerprint density at radius 2 is 1.96 bits per heavy atom. The summed E-state index contributed by atoms with van der Waals surface area (Å²) in [7, 11) is 0. The number of nitrogens with one attached hydrogen (secondary N) is 1. The van der Waals surface area contributed by atoms with Crippen LogP contribution >= 0.6 is 15.9 Å². The van der Waals surface area contributed by atoms with Crippen LogP contribution in [0.2, 0.25) is 0 Å². The van der Waals surface area contributed by atoms with Crippen LogP contribution in [0.5, 0.6) is 0 Å². The summed E-state index contributed by atoms with van der Waals surface area (Å²) in [5.74, 6) is 0.777. The van der Waals surface area contributed by atoms with E-state index in [1.807, 2.05) is 54.9 Å². The fraction of sp³-hybridized carbons (Fsp3) is 0.222. The Kier molecular flexibility index (Phi) is 4.85. The van der Waals surface area contributed by atoms with E-state index in [-0.39, 0.29) is 5.91 Å². The molecule has 0 atom stereocenters. The molecule has 0 saturated carbocycles. The second kappa shape index (κ2) is 7.05. The van der Waals surface area contributed by atoms with Gasteiger partial charge in [-0.3, -0.25) is 9.48 Å². The minimum absolute atomic E-state index is 0.223. The van der Waals surface area contributed by atoms with Crippen LogP contribution in [-0.4, -0.2) is 15.7 Å². The topological polar surface area (TPSA) is 60.1 Å². The third-order valence-corrected chi connectivity index (χ3v) is 4.93. The number of halogens is 1. The zero-order valence-corrected chi connectivity index (χ0v) is 15.1. The average Bonchev–Trinajstić information content (AvgIpc) is 3.15. The molecule has 3 rings (SSSR count). The van der Waals surface area contributed by atoms with Gasteiger partial charge >= 0.3 is 0 Å². The van der Waals surface area contributed by atoms with E-state index < -0.39 is 0 Å². The van der Waals surface area contributed by atoms with Gasteiger partial charge in [-0.05, 0) is 47.5 Å². The van der Waals surface area contributed by atoms with Gasteiger partial charge in [0.2, 0.25) is 0 Å². The van der Waals surface area contributed by atoms with E-state index in [0.29, 0.717) is 24.6 Å². The van der Waals surface area contributed by atoms with Gasteiger partial charge < -0.3 is 9.73 Å². The lowest BCUT2D eigenvalue weighted by molar-refractivity contribution is 0.0921. The molecule has 3 aromatic rings. The number of aryl methyl sites for hydroxylation is 1. The highest BCUT2D eigenvalue weighted by atomic mass is 79.9. The van der Waals surface area contributed by atoms with Crippen molar-refractivity contribution in [1.82, 2.24) is 15.1 Å². The largest absolute Gasteiger partial charge is 0.454 e. The molecule has 0 bridgehead atoms. The number of hydrogen-bond acceptors (Lipinski definition) is 3. The molecular formula is C18H18BrN3O2. The molecule has 6 heteroatoms. The van der Waals surface area contributed by atoms with Crippen molar-refractivity contribution in [3.05, 3.63) is 75.4 Å². The minimum atomic E-state index is -0.223. The van der Waals surface area contributed by atoms with Crippen LogP contribution in [0.15, 0.2) is 51.4 Å². The minimum Gasteiger partial charge on any atom is -0.454 e. The van der Waals surface area contributed by atoms with Crippen molar-refractivity contribution >= 4 is 21.8 Å². The Labute approximate surface area is 148 Å². The summed E-state index contributed by atoms with van der Waals surface area (Å²) in [6.07, 6.45) is 0. The zero-order valence-electron chi connectivity index (χ0n) is 13.5. The number of hydrogen-bond donors (Lipinski definition) is 1. The second-order valence-electron chi connectivity index (χ2n) is 5.58. The molecule has 2 aromatic heterocycles. The third kappa shape index (κ3) is 3.59. The fourth-order valence-electron chi connectivity index (χ4n) is 2.43. The maximum absolute atomic E-state index is 12.2. The lowest BCUT2D eigenvalue weighted by Gasteiger charge is -2.04. The average molecular weight is 388 g/mol. The maximum Gasteiger partial charge on any atom is 0.287 e. The van der Waals surface area contributed by atoms with Gasteiger partial charge in [-0.2, -0.15) is 5.10 Å². The number of aromatic nitrogens is 2. The molecular weight excluding hydrogens is 370 g/mol. The highest BCUT2D eigenvalue weighted by Crippen LogP contribution is 2.21. The van der Waals surface area contributed by atoms with Gasteiger partial charge in [0.15, 0.2) is 5.76 Å². The first-order chi connectivity index (χ1) is 11.5. The number of nitrogens with zero attached hydrogens (tertiary/aromatic N) is 2.